The number of nitrogens with one attached hydrogen (secondary N) is 1. The largest absolute Gasteiger partial charge is 0.378 e. The van der Waals surface area contributed by atoms with Gasteiger partial charge in [0.2, 0.25) is 0 Å². The number of rotatable bonds is 4. The Labute approximate surface area is 108 Å². The van der Waals surface area contributed by atoms with E-state index in [1.807, 2.05) is 6.07 Å². The molecule has 1 aliphatic rings. The zero-order valence-electron chi connectivity index (χ0n) is 10.4. The number of aromatic amines is 1. The van der Waals surface area contributed by atoms with E-state index in [2.05, 4.69) is 16.9 Å². The summed E-state index contributed by atoms with van der Waals surface area (Å²) in [6.45, 7) is 3.06. The molecule has 0 radical (unpaired) electrons. The Hall–Kier alpha value is -0.740. The number of hydrogen-bond donors (Lipinski definition) is 1. The van der Waals surface area contributed by atoms with Crippen molar-refractivity contribution < 1.29 is 4.74 Å². The van der Waals surface area contributed by atoms with Gasteiger partial charge in [-0.15, -0.1) is 0 Å². The smallest absolute Gasteiger partial charge is 0.129 e. The zero-order chi connectivity index (χ0) is 12.1. The molecule has 17 heavy (non-hydrogen) atoms. The number of aryl methyl sites for hydroxylation is 1. The molecular weight excluding hydrogens is 232 g/mol. The van der Waals surface area contributed by atoms with Crippen molar-refractivity contribution in [1.82, 2.24) is 9.97 Å². The van der Waals surface area contributed by atoms with E-state index in [0.29, 0.717) is 10.7 Å². The Kier molecular flexibility index (Phi) is 4.68. The first kappa shape index (κ1) is 12.7. The Balaban J connectivity index is 2.06. The summed E-state index contributed by atoms with van der Waals surface area (Å²) in [6.07, 6.45) is 6.93. The van der Waals surface area contributed by atoms with Crippen molar-refractivity contribution in [2.75, 3.05) is 6.61 Å². The minimum absolute atomic E-state index is 0.318. The third-order valence-corrected chi connectivity index (χ3v) is 3.27. The summed E-state index contributed by atoms with van der Waals surface area (Å²) in [7, 11) is 0. The molecule has 1 fully saturated rings. The first-order valence-electron chi connectivity index (χ1n) is 6.48. The number of nitrogens with zero attached hydrogens (tertiary/aromatic N) is 1. The van der Waals surface area contributed by atoms with Crippen molar-refractivity contribution in [3.63, 3.8) is 0 Å². The molecule has 3 nitrogen and oxygen atoms in total. The molecule has 4 heteroatoms. The van der Waals surface area contributed by atoms with Gasteiger partial charge in [-0.3, -0.25) is 0 Å². The van der Waals surface area contributed by atoms with Crippen molar-refractivity contribution in [2.45, 2.75) is 51.6 Å². The van der Waals surface area contributed by atoms with Crippen molar-refractivity contribution >= 4 is 12.2 Å². The molecule has 1 unspecified atom stereocenters. The number of ether oxygens (including phenoxy) is 1. The molecule has 1 saturated heterocycles. The van der Waals surface area contributed by atoms with E-state index in [-0.39, 0.29) is 0 Å². The van der Waals surface area contributed by atoms with Crippen LogP contribution in [0.2, 0.25) is 0 Å². The highest BCUT2D eigenvalue weighted by Gasteiger charge is 2.15. The standard InChI is InChI=1S/C13H20N2OS/c1-2-5-10-8-13(17)15-12(14-10)9-11-6-3-4-7-16-11/h8,11H,2-7,9H2,1H3,(H,14,15,17). The summed E-state index contributed by atoms with van der Waals surface area (Å²) in [5.74, 6) is 0.979. The minimum Gasteiger partial charge on any atom is -0.378 e. The summed E-state index contributed by atoms with van der Waals surface area (Å²) in [4.78, 5) is 7.77. The Morgan fingerprint density at radius 2 is 2.41 bits per heavy atom. The maximum Gasteiger partial charge on any atom is 0.129 e. The van der Waals surface area contributed by atoms with E-state index in [4.69, 9.17) is 17.0 Å². The van der Waals surface area contributed by atoms with Gasteiger partial charge in [0.05, 0.1) is 6.10 Å². The summed E-state index contributed by atoms with van der Waals surface area (Å²) >= 11 is 5.20. The van der Waals surface area contributed by atoms with E-state index in [1.54, 1.807) is 0 Å². The first-order valence-corrected chi connectivity index (χ1v) is 6.89. The molecule has 0 aromatic carbocycles. The molecule has 1 aromatic heterocycles. The number of hydrogen-bond acceptors (Lipinski definition) is 3. The van der Waals surface area contributed by atoms with Crippen LogP contribution in [0.4, 0.5) is 0 Å². The van der Waals surface area contributed by atoms with E-state index >= 15 is 0 Å². The molecule has 1 atom stereocenters. The minimum atomic E-state index is 0.318. The second kappa shape index (κ2) is 6.26. The Morgan fingerprint density at radius 3 is 3.12 bits per heavy atom. The van der Waals surface area contributed by atoms with Crippen molar-refractivity contribution in [2.24, 2.45) is 0 Å². The van der Waals surface area contributed by atoms with Crippen LogP contribution in [-0.4, -0.2) is 22.7 Å². The maximum atomic E-state index is 5.73. The fourth-order valence-corrected chi connectivity index (χ4v) is 2.50. The summed E-state index contributed by atoms with van der Waals surface area (Å²) in [5, 5.41) is 0. The average molecular weight is 252 g/mol. The van der Waals surface area contributed by atoms with Gasteiger partial charge in [-0.25, -0.2) is 4.98 Å². The molecule has 2 heterocycles. The lowest BCUT2D eigenvalue weighted by atomic mass is 10.1. The molecular formula is C13H20N2OS. The fraction of sp³-hybridized carbons (Fsp3) is 0.692. The van der Waals surface area contributed by atoms with Gasteiger partial charge in [0, 0.05) is 18.7 Å². The van der Waals surface area contributed by atoms with Gasteiger partial charge < -0.3 is 9.72 Å². The van der Waals surface area contributed by atoms with Gasteiger partial charge in [0.25, 0.3) is 0 Å². The lowest BCUT2D eigenvalue weighted by molar-refractivity contribution is 0.0156. The maximum absolute atomic E-state index is 5.73. The topological polar surface area (TPSA) is 37.9 Å². The van der Waals surface area contributed by atoms with Gasteiger partial charge in [0.15, 0.2) is 0 Å². The van der Waals surface area contributed by atoms with Crippen molar-refractivity contribution in [3.8, 4) is 0 Å². The van der Waals surface area contributed by atoms with Crippen LogP contribution in [0.3, 0.4) is 0 Å². The van der Waals surface area contributed by atoms with E-state index in [0.717, 1.165) is 38.1 Å². The SMILES string of the molecule is CCCc1cc(=S)nc(CC2CCCCO2)[nH]1. The Bertz CT molecular complexity index is 410. The fourth-order valence-electron chi connectivity index (χ4n) is 2.25. The second-order valence-electron chi connectivity index (χ2n) is 4.63. The molecule has 0 saturated carbocycles. The van der Waals surface area contributed by atoms with Crippen molar-refractivity contribution in [3.05, 3.63) is 22.2 Å². The molecule has 1 aromatic rings. The third-order valence-electron chi connectivity index (χ3n) is 3.06. The van der Waals surface area contributed by atoms with Crippen LogP contribution in [0.5, 0.6) is 0 Å². The van der Waals surface area contributed by atoms with Crippen LogP contribution in [0.15, 0.2) is 6.07 Å². The monoisotopic (exact) mass is 252 g/mol. The summed E-state index contributed by atoms with van der Waals surface area (Å²) < 4.78 is 6.42. The molecule has 0 aliphatic carbocycles. The van der Waals surface area contributed by atoms with Crippen molar-refractivity contribution in [1.29, 1.82) is 0 Å². The van der Waals surface area contributed by atoms with Crippen LogP contribution < -0.4 is 0 Å². The Morgan fingerprint density at radius 1 is 1.53 bits per heavy atom. The van der Waals surface area contributed by atoms with Crippen LogP contribution >= 0.6 is 12.2 Å². The molecule has 0 spiro atoms. The third kappa shape index (κ3) is 3.89. The highest BCUT2D eigenvalue weighted by Crippen LogP contribution is 2.16. The molecule has 0 amide bonds. The normalized spacial score (nSPS) is 20.4. The molecule has 1 N–H and O–H groups in total. The van der Waals surface area contributed by atoms with E-state index < -0.39 is 0 Å². The molecule has 0 bridgehead atoms. The van der Waals surface area contributed by atoms with E-state index in [9.17, 15) is 0 Å². The molecule has 2 rings (SSSR count). The first-order chi connectivity index (χ1) is 8.28. The lowest BCUT2D eigenvalue weighted by Gasteiger charge is -2.22. The predicted molar refractivity (Wildman–Crippen MR) is 70.7 cm³/mol. The van der Waals surface area contributed by atoms with Gasteiger partial charge in [-0.05, 0) is 31.7 Å². The number of aromatic nitrogens is 2. The average Bonchev–Trinajstić information content (AvgIpc) is 2.30. The molecule has 94 valence electrons. The van der Waals surface area contributed by atoms with Crippen LogP contribution in [0.1, 0.15) is 44.1 Å². The predicted octanol–water partition coefficient (Wildman–Crippen LogP) is 3.20. The van der Waals surface area contributed by atoms with Crippen LogP contribution in [0.25, 0.3) is 0 Å². The molecule has 1 aliphatic heterocycles. The lowest BCUT2D eigenvalue weighted by Crippen LogP contribution is -2.22. The highest BCUT2D eigenvalue weighted by atomic mass is 32.1. The second-order valence-corrected chi connectivity index (χ2v) is 5.05. The van der Waals surface area contributed by atoms with E-state index in [1.165, 1.54) is 18.5 Å². The summed E-state index contributed by atoms with van der Waals surface area (Å²) in [5.41, 5.74) is 1.19. The number of H-pyrrole nitrogens is 1. The quantitative estimate of drug-likeness (QED) is 0.836. The van der Waals surface area contributed by atoms with Gasteiger partial charge in [-0.2, -0.15) is 0 Å². The summed E-state index contributed by atoms with van der Waals surface area (Å²) in [6, 6.07) is 1.96. The van der Waals surface area contributed by atoms with Crippen LogP contribution in [-0.2, 0) is 17.6 Å². The van der Waals surface area contributed by atoms with Gasteiger partial charge in [-0.1, -0.05) is 25.6 Å². The zero-order valence-corrected chi connectivity index (χ0v) is 11.2. The van der Waals surface area contributed by atoms with Gasteiger partial charge >= 0.3 is 0 Å². The highest BCUT2D eigenvalue weighted by molar-refractivity contribution is 7.71. The van der Waals surface area contributed by atoms with Gasteiger partial charge in [0.1, 0.15) is 10.5 Å². The van der Waals surface area contributed by atoms with Crippen LogP contribution in [0, 0.1) is 4.64 Å².